The van der Waals surface area contributed by atoms with Crippen LogP contribution >= 0.6 is 11.6 Å². The fraction of sp³-hybridized carbons (Fsp3) is 0.533. The number of hydrogen-bond acceptors (Lipinski definition) is 3. The Labute approximate surface area is 128 Å². The fourth-order valence-corrected chi connectivity index (χ4v) is 2.84. The SMILES string of the molecule is CC(C(=O)NCCc1cnc2c(Cl)cnn2c1)C1CCC1. The standard InChI is InChI=1S/C15H19ClN4O/c1-10(12-3-2-4-12)15(21)17-6-5-11-7-18-14-13(16)8-19-20(14)9-11/h7-10,12H,2-6H2,1H3,(H,17,21). The van der Waals surface area contributed by atoms with E-state index in [1.54, 1.807) is 16.9 Å². The second-order valence-electron chi connectivity index (χ2n) is 5.74. The maximum absolute atomic E-state index is 12.0. The zero-order valence-corrected chi connectivity index (χ0v) is 12.8. The Morgan fingerprint density at radius 1 is 1.52 bits per heavy atom. The highest BCUT2D eigenvalue weighted by Crippen LogP contribution is 2.33. The fourth-order valence-electron chi connectivity index (χ4n) is 2.66. The molecule has 1 aliphatic rings. The molecule has 1 N–H and O–H groups in total. The normalized spacial score (nSPS) is 16.7. The summed E-state index contributed by atoms with van der Waals surface area (Å²) in [6.45, 7) is 2.65. The molecule has 21 heavy (non-hydrogen) atoms. The molecule has 2 aromatic rings. The molecule has 0 aliphatic heterocycles. The minimum Gasteiger partial charge on any atom is -0.356 e. The van der Waals surface area contributed by atoms with E-state index in [9.17, 15) is 4.79 Å². The summed E-state index contributed by atoms with van der Waals surface area (Å²) in [5.41, 5.74) is 1.68. The summed E-state index contributed by atoms with van der Waals surface area (Å²) in [6.07, 6.45) is 9.64. The van der Waals surface area contributed by atoms with Crippen molar-refractivity contribution in [1.82, 2.24) is 19.9 Å². The van der Waals surface area contributed by atoms with Crippen LogP contribution in [0.1, 0.15) is 31.7 Å². The number of rotatable bonds is 5. The van der Waals surface area contributed by atoms with Crippen molar-refractivity contribution in [3.8, 4) is 0 Å². The second kappa shape index (κ2) is 6.02. The first kappa shape index (κ1) is 14.3. The van der Waals surface area contributed by atoms with E-state index in [4.69, 9.17) is 11.6 Å². The van der Waals surface area contributed by atoms with Gasteiger partial charge in [-0.25, -0.2) is 9.50 Å². The molecule has 112 valence electrons. The largest absolute Gasteiger partial charge is 0.356 e. The Morgan fingerprint density at radius 2 is 2.33 bits per heavy atom. The number of halogens is 1. The van der Waals surface area contributed by atoms with Gasteiger partial charge in [0, 0.05) is 24.9 Å². The van der Waals surface area contributed by atoms with E-state index in [-0.39, 0.29) is 11.8 Å². The average Bonchev–Trinajstić information content (AvgIpc) is 2.78. The predicted molar refractivity (Wildman–Crippen MR) is 81.2 cm³/mol. The third-order valence-corrected chi connectivity index (χ3v) is 4.62. The molecule has 3 rings (SSSR count). The van der Waals surface area contributed by atoms with Crippen LogP contribution in [0, 0.1) is 11.8 Å². The first-order valence-electron chi connectivity index (χ1n) is 7.40. The molecule has 1 fully saturated rings. The molecular formula is C15H19ClN4O. The van der Waals surface area contributed by atoms with E-state index in [2.05, 4.69) is 15.4 Å². The number of hydrogen-bond donors (Lipinski definition) is 1. The summed E-state index contributed by atoms with van der Waals surface area (Å²) in [4.78, 5) is 16.3. The highest BCUT2D eigenvalue weighted by molar-refractivity contribution is 6.33. The number of amides is 1. The van der Waals surface area contributed by atoms with Crippen LogP contribution in [-0.4, -0.2) is 27.0 Å². The van der Waals surface area contributed by atoms with Crippen molar-refractivity contribution in [3.63, 3.8) is 0 Å². The molecule has 1 saturated carbocycles. The molecule has 1 amide bonds. The van der Waals surface area contributed by atoms with Crippen molar-refractivity contribution in [2.24, 2.45) is 11.8 Å². The maximum Gasteiger partial charge on any atom is 0.223 e. The number of nitrogens with one attached hydrogen (secondary N) is 1. The number of carbonyl (C=O) groups excluding carboxylic acids is 1. The van der Waals surface area contributed by atoms with Gasteiger partial charge in [0.05, 0.1) is 6.20 Å². The van der Waals surface area contributed by atoms with Crippen LogP contribution in [0.25, 0.3) is 5.65 Å². The molecule has 1 atom stereocenters. The molecule has 0 bridgehead atoms. The van der Waals surface area contributed by atoms with Crippen molar-refractivity contribution in [3.05, 3.63) is 29.2 Å². The highest BCUT2D eigenvalue weighted by atomic mass is 35.5. The number of carbonyl (C=O) groups is 1. The van der Waals surface area contributed by atoms with E-state index in [1.165, 1.54) is 19.3 Å². The molecule has 1 aliphatic carbocycles. The van der Waals surface area contributed by atoms with Crippen molar-refractivity contribution in [2.75, 3.05) is 6.54 Å². The highest BCUT2D eigenvalue weighted by Gasteiger charge is 2.28. The van der Waals surface area contributed by atoms with Crippen LogP contribution in [-0.2, 0) is 11.2 Å². The molecule has 0 saturated heterocycles. The lowest BCUT2D eigenvalue weighted by Gasteiger charge is -2.30. The summed E-state index contributed by atoms with van der Waals surface area (Å²) < 4.78 is 1.66. The monoisotopic (exact) mass is 306 g/mol. The Kier molecular flexibility index (Phi) is 4.10. The molecule has 5 nitrogen and oxygen atoms in total. The van der Waals surface area contributed by atoms with Gasteiger partial charge in [0.2, 0.25) is 5.91 Å². The van der Waals surface area contributed by atoms with Gasteiger partial charge in [-0.1, -0.05) is 24.9 Å². The van der Waals surface area contributed by atoms with Crippen LogP contribution in [0.15, 0.2) is 18.6 Å². The van der Waals surface area contributed by atoms with Crippen molar-refractivity contribution < 1.29 is 4.79 Å². The van der Waals surface area contributed by atoms with Crippen LogP contribution in [0.2, 0.25) is 5.02 Å². The van der Waals surface area contributed by atoms with Crippen LogP contribution in [0.3, 0.4) is 0 Å². The molecule has 0 aromatic carbocycles. The minimum atomic E-state index is 0.129. The molecule has 1 unspecified atom stereocenters. The quantitative estimate of drug-likeness (QED) is 0.923. The van der Waals surface area contributed by atoms with Crippen molar-refractivity contribution >= 4 is 23.2 Å². The molecule has 0 spiro atoms. The van der Waals surface area contributed by atoms with Gasteiger partial charge in [-0.2, -0.15) is 5.10 Å². The molecular weight excluding hydrogens is 288 g/mol. The summed E-state index contributed by atoms with van der Waals surface area (Å²) >= 11 is 5.95. The van der Waals surface area contributed by atoms with Gasteiger partial charge in [-0.3, -0.25) is 4.79 Å². The van der Waals surface area contributed by atoms with Crippen LogP contribution in [0.5, 0.6) is 0 Å². The number of fused-ring (bicyclic) bond motifs is 1. The Bertz CT molecular complexity index is 650. The average molecular weight is 307 g/mol. The summed E-state index contributed by atoms with van der Waals surface area (Å²) in [6, 6.07) is 0. The first-order chi connectivity index (χ1) is 10.1. The van der Waals surface area contributed by atoms with Gasteiger partial charge in [0.1, 0.15) is 5.02 Å². The molecule has 0 radical (unpaired) electrons. The lowest BCUT2D eigenvalue weighted by atomic mass is 9.76. The van der Waals surface area contributed by atoms with Gasteiger partial charge < -0.3 is 5.32 Å². The third kappa shape index (κ3) is 3.02. The predicted octanol–water partition coefficient (Wildman–Crippen LogP) is 2.48. The second-order valence-corrected chi connectivity index (χ2v) is 6.15. The Morgan fingerprint density at radius 3 is 3.05 bits per heavy atom. The van der Waals surface area contributed by atoms with Crippen LogP contribution in [0.4, 0.5) is 0 Å². The summed E-state index contributed by atoms with van der Waals surface area (Å²) in [7, 11) is 0. The lowest BCUT2D eigenvalue weighted by Crippen LogP contribution is -2.36. The lowest BCUT2D eigenvalue weighted by molar-refractivity contribution is -0.127. The van der Waals surface area contributed by atoms with Gasteiger partial charge in [0.15, 0.2) is 5.65 Å². The molecule has 2 heterocycles. The van der Waals surface area contributed by atoms with Gasteiger partial charge >= 0.3 is 0 Å². The third-order valence-electron chi connectivity index (χ3n) is 4.35. The molecule has 6 heteroatoms. The van der Waals surface area contributed by atoms with Crippen molar-refractivity contribution in [2.45, 2.75) is 32.6 Å². The first-order valence-corrected chi connectivity index (χ1v) is 7.78. The van der Waals surface area contributed by atoms with E-state index < -0.39 is 0 Å². The van der Waals surface area contributed by atoms with E-state index >= 15 is 0 Å². The summed E-state index contributed by atoms with van der Waals surface area (Å²) in [5, 5.41) is 7.68. The van der Waals surface area contributed by atoms with Crippen molar-refractivity contribution in [1.29, 1.82) is 0 Å². The van der Waals surface area contributed by atoms with E-state index in [0.717, 1.165) is 12.0 Å². The Hall–Kier alpha value is -1.62. The number of nitrogens with zero attached hydrogens (tertiary/aromatic N) is 3. The Balaban J connectivity index is 1.52. The molecule has 2 aromatic heterocycles. The van der Waals surface area contributed by atoms with Gasteiger partial charge in [-0.05, 0) is 30.7 Å². The maximum atomic E-state index is 12.0. The number of aromatic nitrogens is 3. The minimum absolute atomic E-state index is 0.129. The van der Waals surface area contributed by atoms with E-state index in [0.29, 0.717) is 23.1 Å². The smallest absolute Gasteiger partial charge is 0.223 e. The van der Waals surface area contributed by atoms with Gasteiger partial charge in [-0.15, -0.1) is 0 Å². The van der Waals surface area contributed by atoms with Gasteiger partial charge in [0.25, 0.3) is 0 Å². The van der Waals surface area contributed by atoms with E-state index in [1.807, 2.05) is 13.1 Å². The zero-order valence-electron chi connectivity index (χ0n) is 12.1. The topological polar surface area (TPSA) is 59.3 Å². The zero-order chi connectivity index (χ0) is 14.8. The van der Waals surface area contributed by atoms with Crippen LogP contribution < -0.4 is 5.32 Å². The summed E-state index contributed by atoms with van der Waals surface area (Å²) in [5.74, 6) is 0.870.